The first-order valence-electron chi connectivity index (χ1n) is 11.0. The van der Waals surface area contributed by atoms with Crippen LogP contribution < -0.4 is 11.2 Å². The number of hydrogen-bond donors (Lipinski definition) is 1. The van der Waals surface area contributed by atoms with E-state index in [-0.39, 0.29) is 25.1 Å². The zero-order valence-electron chi connectivity index (χ0n) is 20.4. The Bertz CT molecular complexity index is 890. The Kier molecular flexibility index (Phi) is 10.6. The highest BCUT2D eigenvalue weighted by Gasteiger charge is 2.49. The lowest BCUT2D eigenvalue weighted by Gasteiger charge is -2.38. The van der Waals surface area contributed by atoms with Gasteiger partial charge >= 0.3 is 5.69 Å². The van der Waals surface area contributed by atoms with Gasteiger partial charge in [-0.2, -0.15) is 5.26 Å². The summed E-state index contributed by atoms with van der Waals surface area (Å²) in [6.07, 6.45) is -0.777. The Morgan fingerprint density at radius 3 is 2.42 bits per heavy atom. The van der Waals surface area contributed by atoms with Gasteiger partial charge in [0.2, 0.25) is 0 Å². The van der Waals surface area contributed by atoms with E-state index in [1.807, 2.05) is 19.0 Å². The van der Waals surface area contributed by atoms with Gasteiger partial charge in [-0.05, 0) is 41.8 Å². The third-order valence-electron chi connectivity index (χ3n) is 5.10. The number of nitrogens with one attached hydrogen (secondary N) is 1. The van der Waals surface area contributed by atoms with Gasteiger partial charge in [-0.25, -0.2) is 9.46 Å². The van der Waals surface area contributed by atoms with Gasteiger partial charge in [0.25, 0.3) is 14.1 Å². The van der Waals surface area contributed by atoms with Crippen molar-refractivity contribution in [3.63, 3.8) is 0 Å². The Balaban J connectivity index is 2.42. The fraction of sp³-hybridized carbons (Fsp3) is 0.762. The fourth-order valence-corrected chi connectivity index (χ4v) is 5.61. The van der Waals surface area contributed by atoms with E-state index in [4.69, 9.17) is 23.8 Å². The summed E-state index contributed by atoms with van der Waals surface area (Å²) in [5, 5.41) is 8.97. The number of aromatic nitrogens is 2. The molecule has 0 radical (unpaired) electrons. The molecule has 1 aliphatic rings. The molecule has 0 amide bonds. The first-order chi connectivity index (χ1) is 15.6. The highest BCUT2D eigenvalue weighted by atomic mass is 31.2. The van der Waals surface area contributed by atoms with E-state index in [9.17, 15) is 9.59 Å². The highest BCUT2D eigenvalue weighted by Crippen LogP contribution is 2.50. The molecule has 1 aromatic rings. The fourth-order valence-electron chi connectivity index (χ4n) is 3.84. The number of H-pyrrole nitrogens is 1. The molecule has 2 rings (SSSR count). The number of rotatable bonds is 12. The van der Waals surface area contributed by atoms with E-state index < -0.39 is 44.3 Å². The Hall–Kier alpha value is -1.64. The molecule has 0 aromatic carbocycles. The van der Waals surface area contributed by atoms with Gasteiger partial charge in [-0.1, -0.05) is 0 Å². The van der Waals surface area contributed by atoms with Gasteiger partial charge in [0.15, 0.2) is 6.23 Å². The average molecular weight is 486 g/mol. The van der Waals surface area contributed by atoms with Gasteiger partial charge in [0.1, 0.15) is 18.3 Å². The zero-order valence-corrected chi connectivity index (χ0v) is 21.3. The minimum Gasteiger partial charge on any atom is -0.374 e. The average Bonchev–Trinajstić information content (AvgIpc) is 3.03. The summed E-state index contributed by atoms with van der Waals surface area (Å²) in [5.74, 6) is 0. The molecule has 1 saturated heterocycles. The summed E-state index contributed by atoms with van der Waals surface area (Å²) in [7, 11) is 3.82. The Labute approximate surface area is 196 Å². The van der Waals surface area contributed by atoms with Crippen molar-refractivity contribution >= 4 is 8.53 Å². The molecule has 0 aliphatic carbocycles. The van der Waals surface area contributed by atoms with Crippen LogP contribution in [-0.2, 0) is 18.5 Å². The second kappa shape index (κ2) is 12.7. The number of ether oxygens (including phenoxy) is 2. The maximum absolute atomic E-state index is 12.5. The summed E-state index contributed by atoms with van der Waals surface area (Å²) in [6.45, 7) is 9.00. The molecule has 0 spiro atoms. The van der Waals surface area contributed by atoms with Crippen LogP contribution in [0, 0.1) is 11.3 Å². The smallest absolute Gasteiger partial charge is 0.330 e. The van der Waals surface area contributed by atoms with E-state index in [1.54, 1.807) is 0 Å². The first-order valence-corrected chi connectivity index (χ1v) is 12.1. The van der Waals surface area contributed by atoms with Crippen molar-refractivity contribution in [3.8, 4) is 6.07 Å². The standard InChI is InChI=1S/C21H36N5O6P/c1-14(2)26(15(3)4)33(30-12-8-10-22)32-18-16(13-24(5)6)31-20(19(18)29-7)25-11-9-17(27)23-21(25)28/h9,11,14-16,18-20H,8,12-13H2,1-7H3,(H,23,27,28)/t16-,18?,19+,20-,33?/m1/s1. The molecule has 1 fully saturated rings. The van der Waals surface area contributed by atoms with Gasteiger partial charge in [-0.15, -0.1) is 0 Å². The van der Waals surface area contributed by atoms with E-state index in [0.717, 1.165) is 0 Å². The third-order valence-corrected chi connectivity index (χ3v) is 7.23. The zero-order chi connectivity index (χ0) is 24.7. The minimum atomic E-state index is -1.55. The highest BCUT2D eigenvalue weighted by molar-refractivity contribution is 7.44. The molecule has 1 aliphatic heterocycles. The number of hydrogen-bond acceptors (Lipinski definition) is 9. The SMILES string of the molecule is CO[C@H]1C(OP(OCCC#N)N(C(C)C)C(C)C)[C@@H](CN(C)C)O[C@H]1n1ccc(=O)[nH]c1=O. The lowest BCUT2D eigenvalue weighted by molar-refractivity contribution is -0.0564. The lowest BCUT2D eigenvalue weighted by Crippen LogP contribution is -2.43. The van der Waals surface area contributed by atoms with Crippen molar-refractivity contribution in [2.45, 2.75) is 70.7 Å². The summed E-state index contributed by atoms with van der Waals surface area (Å²) >= 11 is 0. The van der Waals surface area contributed by atoms with E-state index in [0.29, 0.717) is 6.54 Å². The predicted molar refractivity (Wildman–Crippen MR) is 125 cm³/mol. The van der Waals surface area contributed by atoms with Gasteiger partial charge in [0, 0.05) is 38.0 Å². The summed E-state index contributed by atoms with van der Waals surface area (Å²) in [6, 6.07) is 3.63. The first kappa shape index (κ1) is 27.6. The van der Waals surface area contributed by atoms with E-state index >= 15 is 0 Å². The number of nitrogens with zero attached hydrogens (tertiary/aromatic N) is 4. The molecular formula is C21H36N5O6P. The van der Waals surface area contributed by atoms with Gasteiger partial charge in [0.05, 0.1) is 19.1 Å². The van der Waals surface area contributed by atoms with E-state index in [1.165, 1.54) is 23.9 Å². The van der Waals surface area contributed by atoms with Crippen LogP contribution in [0.2, 0.25) is 0 Å². The Morgan fingerprint density at radius 1 is 1.24 bits per heavy atom. The quantitative estimate of drug-likeness (QED) is 0.348. The van der Waals surface area contributed by atoms with Crippen LogP contribution in [0.15, 0.2) is 21.9 Å². The number of methoxy groups -OCH3 is 1. The molecule has 1 aromatic heterocycles. The van der Waals surface area contributed by atoms with Crippen molar-refractivity contribution in [3.05, 3.63) is 33.1 Å². The van der Waals surface area contributed by atoms with Crippen molar-refractivity contribution < 1.29 is 18.5 Å². The number of nitriles is 1. The lowest BCUT2D eigenvalue weighted by atomic mass is 10.1. The van der Waals surface area contributed by atoms with Gasteiger partial charge < -0.3 is 23.4 Å². The molecule has 2 unspecified atom stereocenters. The van der Waals surface area contributed by atoms with Crippen LogP contribution in [0.1, 0.15) is 40.3 Å². The molecule has 12 heteroatoms. The molecule has 0 saturated carbocycles. The second-order valence-electron chi connectivity index (χ2n) is 8.66. The van der Waals surface area contributed by atoms with Crippen molar-refractivity contribution in [2.75, 3.05) is 34.4 Å². The molecule has 11 nitrogen and oxygen atoms in total. The van der Waals surface area contributed by atoms with Crippen LogP contribution >= 0.6 is 8.53 Å². The molecule has 186 valence electrons. The molecule has 1 N–H and O–H groups in total. The van der Waals surface area contributed by atoms with Crippen LogP contribution in [-0.4, -0.2) is 83.9 Å². The topological polar surface area (TPSA) is 122 Å². The number of likely N-dealkylation sites (N-methyl/N-ethyl adjacent to an activating group) is 1. The maximum Gasteiger partial charge on any atom is 0.330 e. The summed E-state index contributed by atoms with van der Waals surface area (Å²) in [5.41, 5.74) is -1.07. The van der Waals surface area contributed by atoms with Crippen molar-refractivity contribution in [1.82, 2.24) is 19.1 Å². The molecule has 5 atom stereocenters. The van der Waals surface area contributed by atoms with Crippen molar-refractivity contribution in [2.24, 2.45) is 0 Å². The summed E-state index contributed by atoms with van der Waals surface area (Å²) in [4.78, 5) is 28.2. The minimum absolute atomic E-state index is 0.131. The van der Waals surface area contributed by atoms with Crippen LogP contribution in [0.25, 0.3) is 0 Å². The van der Waals surface area contributed by atoms with Crippen molar-refractivity contribution in [1.29, 1.82) is 5.26 Å². The van der Waals surface area contributed by atoms with E-state index in [2.05, 4.69) is 43.4 Å². The predicted octanol–water partition coefficient (Wildman–Crippen LogP) is 1.67. The monoisotopic (exact) mass is 485 g/mol. The third kappa shape index (κ3) is 7.17. The van der Waals surface area contributed by atoms with Crippen LogP contribution in [0.3, 0.4) is 0 Å². The summed E-state index contributed by atoms with van der Waals surface area (Å²) < 4.78 is 28.1. The van der Waals surface area contributed by atoms with Gasteiger partial charge in [-0.3, -0.25) is 14.3 Å². The van der Waals surface area contributed by atoms with Crippen LogP contribution in [0.5, 0.6) is 0 Å². The molecule has 2 heterocycles. The largest absolute Gasteiger partial charge is 0.374 e. The normalized spacial score (nSPS) is 24.2. The Morgan fingerprint density at radius 2 is 1.91 bits per heavy atom. The second-order valence-corrected chi connectivity index (χ2v) is 10.1. The molecule has 33 heavy (non-hydrogen) atoms. The molecule has 0 bridgehead atoms. The maximum atomic E-state index is 12.5. The van der Waals surface area contributed by atoms with Crippen LogP contribution in [0.4, 0.5) is 0 Å². The number of aromatic amines is 1. The molecular weight excluding hydrogens is 449 g/mol.